The summed E-state index contributed by atoms with van der Waals surface area (Å²) in [5.74, 6) is 2.27. The van der Waals surface area contributed by atoms with Gasteiger partial charge in [0.15, 0.2) is 0 Å². The number of carbonyl (C=O) groups excluding carboxylic acids is 1. The van der Waals surface area contributed by atoms with Gasteiger partial charge in [-0.3, -0.25) is 9.69 Å². The first-order valence-corrected chi connectivity index (χ1v) is 10.2. The predicted octanol–water partition coefficient (Wildman–Crippen LogP) is 2.55. The van der Waals surface area contributed by atoms with Gasteiger partial charge in [0.2, 0.25) is 5.91 Å². The Morgan fingerprint density at radius 1 is 0.962 bits per heavy atom. The lowest BCUT2D eigenvalue weighted by molar-refractivity contribution is -0.135. The molecule has 2 saturated heterocycles. The molecular formula is C21H31N3O2. The van der Waals surface area contributed by atoms with Gasteiger partial charge in [-0.05, 0) is 36.8 Å². The second-order valence-corrected chi connectivity index (χ2v) is 8.18. The van der Waals surface area contributed by atoms with Crippen molar-refractivity contribution in [3.8, 4) is 5.75 Å². The molecule has 1 aromatic carbocycles. The Hall–Kier alpha value is -1.75. The van der Waals surface area contributed by atoms with Gasteiger partial charge in [0.25, 0.3) is 0 Å². The number of piperazine rings is 1. The number of rotatable bonds is 3. The van der Waals surface area contributed by atoms with Gasteiger partial charge in [-0.15, -0.1) is 0 Å². The highest BCUT2D eigenvalue weighted by Gasteiger charge is 2.33. The maximum Gasteiger partial charge on any atom is 0.236 e. The van der Waals surface area contributed by atoms with Crippen molar-refractivity contribution < 1.29 is 9.90 Å². The number of piperidine rings is 1. The van der Waals surface area contributed by atoms with E-state index in [0.717, 1.165) is 56.8 Å². The van der Waals surface area contributed by atoms with E-state index in [1.165, 1.54) is 32.1 Å². The van der Waals surface area contributed by atoms with Crippen molar-refractivity contribution in [1.29, 1.82) is 0 Å². The zero-order valence-corrected chi connectivity index (χ0v) is 15.6. The normalized spacial score (nSPS) is 27.2. The summed E-state index contributed by atoms with van der Waals surface area (Å²) >= 11 is 0. The van der Waals surface area contributed by atoms with Gasteiger partial charge in [-0.2, -0.15) is 0 Å². The van der Waals surface area contributed by atoms with E-state index in [2.05, 4.69) is 14.7 Å². The van der Waals surface area contributed by atoms with E-state index in [1.54, 1.807) is 6.07 Å². The Morgan fingerprint density at radius 2 is 1.69 bits per heavy atom. The van der Waals surface area contributed by atoms with Crippen molar-refractivity contribution in [1.82, 2.24) is 9.80 Å². The zero-order chi connectivity index (χ0) is 17.9. The number of fused-ring (bicyclic) bond motifs is 1. The minimum absolute atomic E-state index is 0.310. The largest absolute Gasteiger partial charge is 0.506 e. The number of hydrogen-bond donors (Lipinski definition) is 1. The lowest BCUT2D eigenvalue weighted by atomic mass is 9.75. The standard InChI is InChI=1S/C21H31N3O2/c25-20-8-4-3-7-19(20)23-13-11-22(12-14-23)16-21(26)24-10-9-17-5-1-2-6-18(17)15-24/h3-4,7-8,17-18,25H,1-2,5-6,9-16H2/t17-,18-/m1/s1. The number of phenolic OH excluding ortho intramolecular Hbond substituents is 1. The zero-order valence-electron chi connectivity index (χ0n) is 15.6. The van der Waals surface area contributed by atoms with Crippen LogP contribution in [0.2, 0.25) is 0 Å². The summed E-state index contributed by atoms with van der Waals surface area (Å²) in [7, 11) is 0. The molecule has 0 radical (unpaired) electrons. The summed E-state index contributed by atoms with van der Waals surface area (Å²) in [5, 5.41) is 10.0. The Kier molecular flexibility index (Phi) is 5.34. The number of anilines is 1. The number of amides is 1. The van der Waals surface area contributed by atoms with Gasteiger partial charge in [0.05, 0.1) is 12.2 Å². The van der Waals surface area contributed by atoms with Gasteiger partial charge in [-0.1, -0.05) is 31.4 Å². The SMILES string of the molecule is O=C(CN1CCN(c2ccccc2O)CC1)N1CC[C@H]2CCCC[C@@H]2C1. The van der Waals surface area contributed by atoms with Crippen LogP contribution in [0.5, 0.6) is 5.75 Å². The molecule has 1 amide bonds. The maximum absolute atomic E-state index is 12.8. The van der Waals surface area contributed by atoms with Crippen LogP contribution in [-0.4, -0.2) is 66.6 Å². The van der Waals surface area contributed by atoms with Crippen LogP contribution in [0.1, 0.15) is 32.1 Å². The van der Waals surface area contributed by atoms with Crippen LogP contribution in [0, 0.1) is 11.8 Å². The third-order valence-electron chi connectivity index (χ3n) is 6.60. The molecule has 2 heterocycles. The molecule has 1 N–H and O–H groups in total. The van der Waals surface area contributed by atoms with Gasteiger partial charge >= 0.3 is 0 Å². The molecule has 2 aliphatic heterocycles. The van der Waals surface area contributed by atoms with Crippen molar-refractivity contribution in [2.24, 2.45) is 11.8 Å². The quantitative estimate of drug-likeness (QED) is 0.903. The Bertz CT molecular complexity index is 627. The molecule has 0 unspecified atom stereocenters. The molecule has 5 nitrogen and oxygen atoms in total. The second kappa shape index (κ2) is 7.87. The highest BCUT2D eigenvalue weighted by Crippen LogP contribution is 2.36. The minimum Gasteiger partial charge on any atom is -0.506 e. The molecule has 0 spiro atoms. The number of aromatic hydroxyl groups is 1. The fourth-order valence-corrected chi connectivity index (χ4v) is 5.00. The van der Waals surface area contributed by atoms with E-state index in [-0.39, 0.29) is 0 Å². The van der Waals surface area contributed by atoms with Gasteiger partial charge in [0, 0.05) is 39.3 Å². The lowest BCUT2D eigenvalue weighted by Crippen LogP contribution is -2.52. The molecule has 0 bridgehead atoms. The van der Waals surface area contributed by atoms with E-state index in [1.807, 2.05) is 18.2 Å². The topological polar surface area (TPSA) is 47.0 Å². The monoisotopic (exact) mass is 357 g/mol. The van der Waals surface area contributed by atoms with Crippen molar-refractivity contribution in [2.45, 2.75) is 32.1 Å². The fourth-order valence-electron chi connectivity index (χ4n) is 5.00. The van der Waals surface area contributed by atoms with Crippen molar-refractivity contribution >= 4 is 11.6 Å². The molecule has 5 heteroatoms. The maximum atomic E-state index is 12.8. The molecule has 4 rings (SSSR count). The van der Waals surface area contributed by atoms with E-state index in [9.17, 15) is 9.90 Å². The third-order valence-corrected chi connectivity index (χ3v) is 6.60. The van der Waals surface area contributed by atoms with Crippen LogP contribution in [0.25, 0.3) is 0 Å². The molecule has 3 aliphatic rings. The van der Waals surface area contributed by atoms with Crippen molar-refractivity contribution in [3.05, 3.63) is 24.3 Å². The molecule has 1 aromatic rings. The average molecular weight is 357 g/mol. The van der Waals surface area contributed by atoms with E-state index in [4.69, 9.17) is 0 Å². The third kappa shape index (κ3) is 3.83. The Balaban J connectivity index is 1.26. The van der Waals surface area contributed by atoms with Crippen LogP contribution >= 0.6 is 0 Å². The summed E-state index contributed by atoms with van der Waals surface area (Å²) in [5.41, 5.74) is 0.901. The molecule has 26 heavy (non-hydrogen) atoms. The highest BCUT2D eigenvalue weighted by molar-refractivity contribution is 5.78. The first-order chi connectivity index (χ1) is 12.7. The summed E-state index contributed by atoms with van der Waals surface area (Å²) < 4.78 is 0. The van der Waals surface area contributed by atoms with E-state index in [0.29, 0.717) is 18.2 Å². The van der Waals surface area contributed by atoms with Crippen LogP contribution in [0.4, 0.5) is 5.69 Å². The number of benzene rings is 1. The second-order valence-electron chi connectivity index (χ2n) is 8.18. The smallest absolute Gasteiger partial charge is 0.236 e. The molecule has 2 atom stereocenters. The van der Waals surface area contributed by atoms with Crippen LogP contribution in [-0.2, 0) is 4.79 Å². The average Bonchev–Trinajstić information content (AvgIpc) is 2.69. The summed E-state index contributed by atoms with van der Waals surface area (Å²) in [6.07, 6.45) is 6.62. The predicted molar refractivity (Wildman–Crippen MR) is 103 cm³/mol. The van der Waals surface area contributed by atoms with Crippen molar-refractivity contribution in [2.75, 3.05) is 50.7 Å². The molecule has 0 aromatic heterocycles. The number of likely N-dealkylation sites (tertiary alicyclic amines) is 1. The summed E-state index contributed by atoms with van der Waals surface area (Å²) in [6.45, 7) is 5.95. The van der Waals surface area contributed by atoms with E-state index >= 15 is 0 Å². The Labute approximate surface area is 156 Å². The fraction of sp³-hybridized carbons (Fsp3) is 0.667. The van der Waals surface area contributed by atoms with Gasteiger partial charge in [-0.25, -0.2) is 0 Å². The number of hydrogen-bond acceptors (Lipinski definition) is 4. The van der Waals surface area contributed by atoms with Gasteiger partial charge < -0.3 is 14.9 Å². The number of nitrogens with zero attached hydrogens (tertiary/aromatic N) is 3. The number of carbonyl (C=O) groups is 1. The van der Waals surface area contributed by atoms with Crippen LogP contribution in [0.15, 0.2) is 24.3 Å². The summed E-state index contributed by atoms with van der Waals surface area (Å²) in [6, 6.07) is 7.51. The van der Waals surface area contributed by atoms with Crippen LogP contribution < -0.4 is 4.90 Å². The first kappa shape index (κ1) is 17.7. The Morgan fingerprint density at radius 3 is 2.46 bits per heavy atom. The molecule has 3 fully saturated rings. The molecule has 142 valence electrons. The molecule has 1 aliphatic carbocycles. The van der Waals surface area contributed by atoms with E-state index < -0.39 is 0 Å². The van der Waals surface area contributed by atoms with Crippen LogP contribution in [0.3, 0.4) is 0 Å². The highest BCUT2D eigenvalue weighted by atomic mass is 16.3. The lowest BCUT2D eigenvalue weighted by Gasteiger charge is -2.42. The minimum atomic E-state index is 0.310. The van der Waals surface area contributed by atoms with Gasteiger partial charge in [0.1, 0.15) is 5.75 Å². The number of para-hydroxylation sites is 2. The van der Waals surface area contributed by atoms with Crippen molar-refractivity contribution in [3.63, 3.8) is 0 Å². The number of phenols is 1. The first-order valence-electron chi connectivity index (χ1n) is 10.2. The summed E-state index contributed by atoms with van der Waals surface area (Å²) in [4.78, 5) is 19.4. The molecule has 1 saturated carbocycles. The molecular weight excluding hydrogens is 326 g/mol.